The maximum absolute atomic E-state index is 13.4. The average Bonchev–Trinajstić information content (AvgIpc) is 3.04. The highest BCUT2D eigenvalue weighted by molar-refractivity contribution is 5.83. The summed E-state index contributed by atoms with van der Waals surface area (Å²) in [6.07, 6.45) is 9.40. The average molecular weight is 405 g/mol. The van der Waals surface area contributed by atoms with Gasteiger partial charge in [0.2, 0.25) is 0 Å². The first-order valence-corrected chi connectivity index (χ1v) is 12.0. The van der Waals surface area contributed by atoms with Crippen LogP contribution in [0.25, 0.3) is 0 Å². The predicted molar refractivity (Wildman–Crippen MR) is 112 cm³/mol. The van der Waals surface area contributed by atoms with Crippen LogP contribution in [0.5, 0.6) is 0 Å². The van der Waals surface area contributed by atoms with Gasteiger partial charge in [-0.1, -0.05) is 20.8 Å². The molecule has 0 aliphatic heterocycles. The van der Waals surface area contributed by atoms with Crippen molar-refractivity contribution in [2.24, 2.45) is 46.3 Å². The van der Waals surface area contributed by atoms with Crippen LogP contribution < -0.4 is 0 Å². The fraction of sp³-hybridized carbons (Fsp3) is 0.920. The molecule has 0 bridgehead atoms. The van der Waals surface area contributed by atoms with Crippen LogP contribution in [0.2, 0.25) is 0 Å². The minimum atomic E-state index is -0.210. The number of ketones is 1. The lowest BCUT2D eigenvalue weighted by Gasteiger charge is -2.60. The second kappa shape index (κ2) is 7.66. The van der Waals surface area contributed by atoms with Crippen molar-refractivity contribution in [2.75, 3.05) is 7.11 Å². The molecule has 0 spiro atoms. The first kappa shape index (κ1) is 21.3. The van der Waals surface area contributed by atoms with Crippen molar-refractivity contribution in [2.45, 2.75) is 91.1 Å². The van der Waals surface area contributed by atoms with Crippen molar-refractivity contribution in [3.8, 4) is 0 Å². The number of carbonyl (C=O) groups excluding carboxylic acids is 2. The number of hydrogen-bond donors (Lipinski definition) is 1. The molecule has 164 valence electrons. The molecule has 4 heteroatoms. The van der Waals surface area contributed by atoms with Crippen LogP contribution in [0.4, 0.5) is 0 Å². The number of methoxy groups -OCH3 is 1. The Morgan fingerprint density at radius 1 is 1.14 bits per heavy atom. The summed E-state index contributed by atoms with van der Waals surface area (Å²) >= 11 is 0. The van der Waals surface area contributed by atoms with Crippen molar-refractivity contribution >= 4 is 11.8 Å². The molecule has 0 amide bonds. The van der Waals surface area contributed by atoms with Gasteiger partial charge in [-0.25, -0.2) is 0 Å². The van der Waals surface area contributed by atoms with E-state index in [9.17, 15) is 14.7 Å². The van der Waals surface area contributed by atoms with Crippen LogP contribution in [-0.2, 0) is 14.3 Å². The number of Topliss-reactive ketones (excluding diaryl/α,β-unsaturated/α-hetero) is 1. The smallest absolute Gasteiger partial charge is 0.305 e. The monoisotopic (exact) mass is 404 g/mol. The highest BCUT2D eigenvalue weighted by atomic mass is 16.5. The maximum atomic E-state index is 13.4. The van der Waals surface area contributed by atoms with Gasteiger partial charge in [0.25, 0.3) is 0 Å². The van der Waals surface area contributed by atoms with E-state index in [0.717, 1.165) is 32.1 Å². The van der Waals surface area contributed by atoms with E-state index in [2.05, 4.69) is 20.8 Å². The van der Waals surface area contributed by atoms with Crippen molar-refractivity contribution < 1.29 is 19.4 Å². The molecule has 0 radical (unpaired) electrons. The molecular formula is C25H40O4. The Kier molecular flexibility index (Phi) is 5.63. The van der Waals surface area contributed by atoms with Gasteiger partial charge in [-0.2, -0.15) is 0 Å². The quantitative estimate of drug-likeness (QED) is 0.685. The van der Waals surface area contributed by atoms with Gasteiger partial charge >= 0.3 is 5.97 Å². The third kappa shape index (κ3) is 3.38. The summed E-state index contributed by atoms with van der Waals surface area (Å²) in [5.41, 5.74) is 0.456. The lowest BCUT2D eigenvalue weighted by Crippen LogP contribution is -2.57. The number of carbonyl (C=O) groups is 2. The van der Waals surface area contributed by atoms with E-state index < -0.39 is 0 Å². The van der Waals surface area contributed by atoms with E-state index >= 15 is 0 Å². The van der Waals surface area contributed by atoms with Crippen molar-refractivity contribution in [1.29, 1.82) is 0 Å². The molecule has 29 heavy (non-hydrogen) atoms. The molecule has 4 saturated carbocycles. The number of rotatable bonds is 4. The molecule has 0 aromatic carbocycles. The summed E-state index contributed by atoms with van der Waals surface area (Å²) < 4.78 is 4.85. The fourth-order valence-corrected chi connectivity index (χ4v) is 8.53. The molecule has 1 N–H and O–H groups in total. The predicted octanol–water partition coefficient (Wildman–Crippen LogP) is 4.77. The SMILES string of the molecule is COC(=O)CCC(C)[C@H]1CC[C@H]2[C@H]3C(=O)C[C@@H]4CC(O)CCC4(C)C3CCC12C. The number of aliphatic hydroxyl groups excluding tert-OH is 1. The maximum Gasteiger partial charge on any atom is 0.305 e. The van der Waals surface area contributed by atoms with Crippen LogP contribution in [0.3, 0.4) is 0 Å². The van der Waals surface area contributed by atoms with Crippen LogP contribution in [0, 0.1) is 46.3 Å². The van der Waals surface area contributed by atoms with Crippen LogP contribution in [0.1, 0.15) is 85.0 Å². The summed E-state index contributed by atoms with van der Waals surface area (Å²) in [5.74, 6) is 3.08. The summed E-state index contributed by atoms with van der Waals surface area (Å²) in [4.78, 5) is 25.0. The molecule has 9 atom stereocenters. The largest absolute Gasteiger partial charge is 0.469 e. The lowest BCUT2D eigenvalue weighted by atomic mass is 9.44. The normalized spacial score (nSPS) is 47.7. The molecule has 4 nitrogen and oxygen atoms in total. The van der Waals surface area contributed by atoms with Gasteiger partial charge < -0.3 is 9.84 Å². The van der Waals surface area contributed by atoms with Gasteiger partial charge in [-0.05, 0) is 91.8 Å². The van der Waals surface area contributed by atoms with Gasteiger partial charge in [0.1, 0.15) is 5.78 Å². The van der Waals surface area contributed by atoms with Crippen molar-refractivity contribution in [3.05, 3.63) is 0 Å². The summed E-state index contributed by atoms with van der Waals surface area (Å²) in [6, 6.07) is 0. The zero-order chi connectivity index (χ0) is 21.0. The first-order valence-electron chi connectivity index (χ1n) is 12.0. The second-order valence-corrected chi connectivity index (χ2v) is 11.4. The molecule has 5 unspecified atom stereocenters. The van der Waals surface area contributed by atoms with Crippen LogP contribution in [0.15, 0.2) is 0 Å². The Morgan fingerprint density at radius 3 is 2.55 bits per heavy atom. The van der Waals surface area contributed by atoms with E-state index in [4.69, 9.17) is 4.74 Å². The molecule has 0 heterocycles. The van der Waals surface area contributed by atoms with Gasteiger partial charge in [0.15, 0.2) is 0 Å². The van der Waals surface area contributed by atoms with E-state index in [1.807, 2.05) is 0 Å². The highest BCUT2D eigenvalue weighted by Crippen LogP contribution is 2.67. The Morgan fingerprint density at radius 2 is 1.83 bits per heavy atom. The van der Waals surface area contributed by atoms with Crippen molar-refractivity contribution in [1.82, 2.24) is 0 Å². The molecule has 0 saturated heterocycles. The third-order valence-electron chi connectivity index (χ3n) is 10.2. The zero-order valence-corrected chi connectivity index (χ0v) is 18.8. The van der Waals surface area contributed by atoms with Gasteiger partial charge in [-0.15, -0.1) is 0 Å². The summed E-state index contributed by atoms with van der Waals surface area (Å²) in [5, 5.41) is 10.2. The number of hydrogen-bond acceptors (Lipinski definition) is 4. The molecule has 0 aromatic heterocycles. The Bertz CT molecular complexity index is 659. The van der Waals surface area contributed by atoms with Gasteiger partial charge in [0.05, 0.1) is 13.2 Å². The Balaban J connectivity index is 1.53. The molecule has 0 aromatic rings. The van der Waals surface area contributed by atoms with Gasteiger partial charge in [0, 0.05) is 18.8 Å². The topological polar surface area (TPSA) is 63.6 Å². The number of ether oxygens (including phenoxy) is 1. The minimum Gasteiger partial charge on any atom is -0.469 e. The van der Waals surface area contributed by atoms with Crippen molar-refractivity contribution in [3.63, 3.8) is 0 Å². The van der Waals surface area contributed by atoms with E-state index in [0.29, 0.717) is 48.2 Å². The zero-order valence-electron chi connectivity index (χ0n) is 18.8. The summed E-state index contributed by atoms with van der Waals surface area (Å²) in [7, 11) is 1.47. The third-order valence-corrected chi connectivity index (χ3v) is 10.2. The highest BCUT2D eigenvalue weighted by Gasteiger charge is 2.62. The Labute approximate surface area is 176 Å². The molecule has 4 fully saturated rings. The van der Waals surface area contributed by atoms with E-state index in [1.54, 1.807) is 0 Å². The minimum absolute atomic E-state index is 0.110. The van der Waals surface area contributed by atoms with E-state index in [-0.39, 0.29) is 28.8 Å². The Hall–Kier alpha value is -0.900. The number of esters is 1. The number of aliphatic hydroxyl groups is 1. The molecule has 4 aliphatic rings. The first-order chi connectivity index (χ1) is 13.7. The van der Waals surface area contributed by atoms with Gasteiger partial charge in [-0.3, -0.25) is 9.59 Å². The van der Waals surface area contributed by atoms with Crippen LogP contribution in [-0.4, -0.2) is 30.1 Å². The molecule has 4 rings (SSSR count). The number of fused-ring (bicyclic) bond motifs is 5. The standard InChI is InChI=1S/C25H40O4/c1-15(5-8-22(28)29-4)18-6-7-19-23-20(10-12-25(18,19)3)24(2)11-9-17(26)13-16(24)14-21(23)27/h15-20,23,26H,5-14H2,1-4H3/t15?,16-,17?,18+,19-,20?,23+,24?,25?/m0/s1. The van der Waals surface area contributed by atoms with Crippen LogP contribution >= 0.6 is 0 Å². The second-order valence-electron chi connectivity index (χ2n) is 11.4. The molecular weight excluding hydrogens is 364 g/mol. The van der Waals surface area contributed by atoms with E-state index in [1.165, 1.54) is 26.4 Å². The molecule has 4 aliphatic carbocycles. The summed E-state index contributed by atoms with van der Waals surface area (Å²) in [6.45, 7) is 7.18. The lowest BCUT2D eigenvalue weighted by molar-refractivity contribution is -0.160. The fourth-order valence-electron chi connectivity index (χ4n) is 8.53.